The van der Waals surface area contributed by atoms with Gasteiger partial charge in [0.15, 0.2) is 0 Å². The van der Waals surface area contributed by atoms with E-state index >= 15 is 0 Å². The Labute approximate surface area is 116 Å². The standard InChI is InChI=1S/C15H13ClN2O/c16-13-6-8-14(9-7-13)17-10-15(18(19)11-17)12-4-2-1-3-5-12/h1-9H,10-11H2. The summed E-state index contributed by atoms with van der Waals surface area (Å²) in [5.41, 5.74) is 2.79. The Balaban J connectivity index is 1.84. The lowest BCUT2D eigenvalue weighted by atomic mass is 10.1. The van der Waals surface area contributed by atoms with Crippen molar-refractivity contribution >= 4 is 23.0 Å². The summed E-state index contributed by atoms with van der Waals surface area (Å²) < 4.78 is 1.05. The van der Waals surface area contributed by atoms with Gasteiger partial charge in [-0.05, 0) is 36.4 Å². The van der Waals surface area contributed by atoms with Crippen LogP contribution in [0.3, 0.4) is 0 Å². The van der Waals surface area contributed by atoms with Crippen LogP contribution in [0.4, 0.5) is 5.69 Å². The Morgan fingerprint density at radius 2 is 1.68 bits per heavy atom. The van der Waals surface area contributed by atoms with Gasteiger partial charge < -0.3 is 10.1 Å². The number of benzene rings is 2. The fourth-order valence-corrected chi connectivity index (χ4v) is 2.37. The first kappa shape index (κ1) is 12.1. The number of nitrogens with zero attached hydrogens (tertiary/aromatic N) is 2. The minimum Gasteiger partial charge on any atom is -0.622 e. The van der Waals surface area contributed by atoms with Gasteiger partial charge in [0.05, 0.1) is 0 Å². The van der Waals surface area contributed by atoms with Crippen LogP contribution in [-0.2, 0) is 0 Å². The van der Waals surface area contributed by atoms with Crippen molar-refractivity contribution in [1.29, 1.82) is 0 Å². The highest BCUT2D eigenvalue weighted by Crippen LogP contribution is 2.21. The van der Waals surface area contributed by atoms with Gasteiger partial charge >= 0.3 is 0 Å². The van der Waals surface area contributed by atoms with Crippen molar-refractivity contribution in [2.24, 2.45) is 0 Å². The van der Waals surface area contributed by atoms with Crippen molar-refractivity contribution < 1.29 is 4.74 Å². The topological polar surface area (TPSA) is 29.3 Å². The Bertz CT molecular complexity index is 608. The van der Waals surface area contributed by atoms with Crippen LogP contribution in [0.25, 0.3) is 0 Å². The molecular formula is C15H13ClN2O. The van der Waals surface area contributed by atoms with Gasteiger partial charge in [-0.15, -0.1) is 0 Å². The quantitative estimate of drug-likeness (QED) is 0.621. The molecule has 1 aliphatic heterocycles. The lowest BCUT2D eigenvalue weighted by Gasteiger charge is -2.14. The monoisotopic (exact) mass is 272 g/mol. The molecule has 0 unspecified atom stereocenters. The second-order valence-electron chi connectivity index (χ2n) is 4.51. The maximum absolute atomic E-state index is 12.0. The highest BCUT2D eigenvalue weighted by atomic mass is 35.5. The summed E-state index contributed by atoms with van der Waals surface area (Å²) in [6.45, 7) is 0.973. The molecule has 3 nitrogen and oxygen atoms in total. The van der Waals surface area contributed by atoms with Gasteiger partial charge in [-0.25, -0.2) is 0 Å². The summed E-state index contributed by atoms with van der Waals surface area (Å²) in [5.74, 6) is 0. The molecule has 0 fully saturated rings. The van der Waals surface area contributed by atoms with Gasteiger partial charge in [-0.3, -0.25) is 0 Å². The van der Waals surface area contributed by atoms with E-state index in [1.165, 1.54) is 0 Å². The molecule has 1 aliphatic rings. The molecule has 4 heteroatoms. The zero-order valence-electron chi connectivity index (χ0n) is 10.3. The predicted octanol–water partition coefficient (Wildman–Crippen LogP) is 3.12. The highest BCUT2D eigenvalue weighted by molar-refractivity contribution is 6.30. The van der Waals surface area contributed by atoms with Crippen LogP contribution in [0.15, 0.2) is 54.6 Å². The minimum atomic E-state index is 0.353. The van der Waals surface area contributed by atoms with Crippen LogP contribution in [-0.4, -0.2) is 23.7 Å². The van der Waals surface area contributed by atoms with Crippen molar-refractivity contribution in [3.63, 3.8) is 0 Å². The van der Waals surface area contributed by atoms with Crippen LogP contribution < -0.4 is 4.90 Å². The predicted molar refractivity (Wildman–Crippen MR) is 77.8 cm³/mol. The number of hydrogen-bond acceptors (Lipinski definition) is 2. The molecule has 2 aromatic carbocycles. The molecule has 0 N–H and O–H groups in total. The van der Waals surface area contributed by atoms with Crippen molar-refractivity contribution in [1.82, 2.24) is 0 Å². The fraction of sp³-hybridized carbons (Fsp3) is 0.133. The Morgan fingerprint density at radius 1 is 1.00 bits per heavy atom. The van der Waals surface area contributed by atoms with Gasteiger partial charge in [-0.1, -0.05) is 29.8 Å². The normalized spacial score (nSPS) is 15.1. The summed E-state index contributed by atoms with van der Waals surface area (Å²) in [7, 11) is 0. The third-order valence-electron chi connectivity index (χ3n) is 3.24. The Kier molecular flexibility index (Phi) is 3.13. The summed E-state index contributed by atoms with van der Waals surface area (Å²) in [4.78, 5) is 2.03. The molecule has 2 aromatic rings. The molecule has 0 spiro atoms. The van der Waals surface area contributed by atoms with E-state index in [2.05, 4.69) is 0 Å². The van der Waals surface area contributed by atoms with Gasteiger partial charge in [0.1, 0.15) is 6.54 Å². The van der Waals surface area contributed by atoms with E-state index in [1.807, 2.05) is 59.5 Å². The molecule has 0 bridgehead atoms. The number of rotatable bonds is 2. The molecule has 0 radical (unpaired) electrons. The first-order valence-electron chi connectivity index (χ1n) is 6.10. The molecule has 0 amide bonds. The largest absolute Gasteiger partial charge is 0.622 e. The number of hydroxylamine groups is 1. The zero-order valence-corrected chi connectivity index (χ0v) is 11.0. The van der Waals surface area contributed by atoms with Crippen LogP contribution in [0.5, 0.6) is 0 Å². The van der Waals surface area contributed by atoms with Crippen LogP contribution >= 0.6 is 11.6 Å². The summed E-state index contributed by atoms with van der Waals surface area (Å²) in [6, 6.07) is 17.3. The van der Waals surface area contributed by atoms with Gasteiger partial charge in [0.2, 0.25) is 12.4 Å². The molecule has 0 aliphatic carbocycles. The first-order valence-corrected chi connectivity index (χ1v) is 6.48. The van der Waals surface area contributed by atoms with E-state index in [-0.39, 0.29) is 0 Å². The third-order valence-corrected chi connectivity index (χ3v) is 3.49. The van der Waals surface area contributed by atoms with Crippen LogP contribution in [0.1, 0.15) is 5.56 Å². The molecule has 96 valence electrons. The average Bonchev–Trinajstić information content (AvgIpc) is 2.83. The minimum absolute atomic E-state index is 0.353. The van der Waals surface area contributed by atoms with Crippen LogP contribution in [0, 0.1) is 5.21 Å². The smallest absolute Gasteiger partial charge is 0.229 e. The molecule has 0 aromatic heterocycles. The lowest BCUT2D eigenvalue weighted by molar-refractivity contribution is -0.447. The van der Waals surface area contributed by atoms with E-state index in [4.69, 9.17) is 11.6 Å². The Hall–Kier alpha value is -2.00. The second kappa shape index (κ2) is 4.94. The number of halogens is 1. The fourth-order valence-electron chi connectivity index (χ4n) is 2.24. The maximum atomic E-state index is 12.0. The van der Waals surface area contributed by atoms with Gasteiger partial charge in [0.25, 0.3) is 0 Å². The summed E-state index contributed by atoms with van der Waals surface area (Å²) >= 11 is 5.88. The maximum Gasteiger partial charge on any atom is 0.229 e. The van der Waals surface area contributed by atoms with Crippen LogP contribution in [0.2, 0.25) is 5.02 Å². The van der Waals surface area contributed by atoms with E-state index in [1.54, 1.807) is 0 Å². The molecule has 19 heavy (non-hydrogen) atoms. The summed E-state index contributed by atoms with van der Waals surface area (Å²) in [5, 5.41) is 12.7. The number of anilines is 1. The van der Waals surface area contributed by atoms with E-state index in [9.17, 15) is 5.21 Å². The molecule has 1 heterocycles. The molecule has 0 atom stereocenters. The Morgan fingerprint density at radius 3 is 2.37 bits per heavy atom. The van der Waals surface area contributed by atoms with E-state index in [0.717, 1.165) is 21.7 Å². The van der Waals surface area contributed by atoms with Crippen molar-refractivity contribution in [3.05, 3.63) is 70.4 Å². The first-order chi connectivity index (χ1) is 9.24. The van der Waals surface area contributed by atoms with Gasteiger partial charge in [0, 0.05) is 16.3 Å². The molecule has 0 saturated carbocycles. The molecule has 0 saturated heterocycles. The van der Waals surface area contributed by atoms with Crippen molar-refractivity contribution in [2.45, 2.75) is 0 Å². The molecular weight excluding hydrogens is 260 g/mol. The van der Waals surface area contributed by atoms with Crippen molar-refractivity contribution in [3.8, 4) is 0 Å². The SMILES string of the molecule is [O-][N+]1=C(c2ccccc2)CN(c2ccc(Cl)cc2)C1. The zero-order chi connectivity index (χ0) is 13.2. The van der Waals surface area contributed by atoms with Crippen molar-refractivity contribution in [2.75, 3.05) is 18.1 Å². The lowest BCUT2D eigenvalue weighted by Crippen LogP contribution is -2.23. The third kappa shape index (κ3) is 2.42. The average molecular weight is 273 g/mol. The molecule has 3 rings (SSSR count). The highest BCUT2D eigenvalue weighted by Gasteiger charge is 2.26. The van der Waals surface area contributed by atoms with E-state index in [0.29, 0.717) is 18.2 Å². The van der Waals surface area contributed by atoms with Gasteiger partial charge in [-0.2, -0.15) is 4.74 Å². The second-order valence-corrected chi connectivity index (χ2v) is 4.94. The van der Waals surface area contributed by atoms with E-state index < -0.39 is 0 Å². The number of hydrogen-bond donors (Lipinski definition) is 0. The summed E-state index contributed by atoms with van der Waals surface area (Å²) in [6.07, 6.45) is 0.